The molecule has 2 amide bonds. The maximum atomic E-state index is 12.6. The van der Waals surface area contributed by atoms with Crippen molar-refractivity contribution in [3.63, 3.8) is 0 Å². The number of fused-ring (bicyclic) bond motifs is 1. The van der Waals surface area contributed by atoms with E-state index in [1.54, 1.807) is 30.5 Å². The van der Waals surface area contributed by atoms with Gasteiger partial charge in [0.1, 0.15) is 0 Å². The normalized spacial score (nSPS) is 17.0. The Morgan fingerprint density at radius 1 is 1.06 bits per heavy atom. The number of hydrogen-bond acceptors (Lipinski definition) is 5. The SMILES string of the molecule is CC(=O)Nc1ccc(NC(=O)CN2CCOCC(Cc3ccc4ccncc4c3)C2)cc1. The number of amides is 2. The predicted octanol–water partition coefficient (Wildman–Crippen LogP) is 3.32. The monoisotopic (exact) mass is 432 g/mol. The second kappa shape index (κ2) is 10.3. The molecule has 32 heavy (non-hydrogen) atoms. The third-order valence-electron chi connectivity index (χ3n) is 5.51. The molecule has 7 nitrogen and oxygen atoms in total. The number of anilines is 2. The van der Waals surface area contributed by atoms with Crippen molar-refractivity contribution >= 4 is 34.0 Å². The molecule has 0 radical (unpaired) electrons. The van der Waals surface area contributed by atoms with Crippen LogP contribution < -0.4 is 10.6 Å². The number of carbonyl (C=O) groups excluding carboxylic acids is 2. The highest BCUT2D eigenvalue weighted by atomic mass is 16.5. The second-order valence-electron chi connectivity index (χ2n) is 8.24. The maximum absolute atomic E-state index is 12.6. The van der Waals surface area contributed by atoms with Crippen LogP contribution in [-0.2, 0) is 20.7 Å². The largest absolute Gasteiger partial charge is 0.380 e. The first-order valence-corrected chi connectivity index (χ1v) is 10.9. The first kappa shape index (κ1) is 21.9. The van der Waals surface area contributed by atoms with Gasteiger partial charge in [0.15, 0.2) is 0 Å². The molecule has 0 spiro atoms. The lowest BCUT2D eigenvalue weighted by Crippen LogP contribution is -2.37. The summed E-state index contributed by atoms with van der Waals surface area (Å²) in [5.41, 5.74) is 2.66. The van der Waals surface area contributed by atoms with Gasteiger partial charge in [-0.1, -0.05) is 12.1 Å². The quantitative estimate of drug-likeness (QED) is 0.624. The molecule has 166 valence electrons. The minimum atomic E-state index is -0.125. The van der Waals surface area contributed by atoms with E-state index >= 15 is 0 Å². The van der Waals surface area contributed by atoms with Crippen LogP contribution >= 0.6 is 0 Å². The van der Waals surface area contributed by atoms with Crippen molar-refractivity contribution in [2.24, 2.45) is 5.92 Å². The summed E-state index contributed by atoms with van der Waals surface area (Å²) < 4.78 is 5.82. The van der Waals surface area contributed by atoms with Gasteiger partial charge < -0.3 is 15.4 Å². The van der Waals surface area contributed by atoms with Crippen LogP contribution in [0.2, 0.25) is 0 Å². The third kappa shape index (κ3) is 6.12. The van der Waals surface area contributed by atoms with Gasteiger partial charge in [-0.2, -0.15) is 0 Å². The summed E-state index contributed by atoms with van der Waals surface area (Å²) >= 11 is 0. The van der Waals surface area contributed by atoms with Crippen LogP contribution in [0.5, 0.6) is 0 Å². The molecule has 0 bridgehead atoms. The fraction of sp³-hybridized carbons (Fsp3) is 0.320. The van der Waals surface area contributed by atoms with Crippen LogP contribution in [0.4, 0.5) is 11.4 Å². The summed E-state index contributed by atoms with van der Waals surface area (Å²) in [5, 5.41) is 7.97. The van der Waals surface area contributed by atoms with Gasteiger partial charge in [-0.25, -0.2) is 0 Å². The number of rotatable bonds is 6. The topological polar surface area (TPSA) is 83.6 Å². The zero-order valence-corrected chi connectivity index (χ0v) is 18.2. The Morgan fingerprint density at radius 2 is 1.84 bits per heavy atom. The van der Waals surface area contributed by atoms with Crippen molar-refractivity contribution in [3.05, 3.63) is 66.5 Å². The minimum absolute atomic E-state index is 0.0605. The second-order valence-corrected chi connectivity index (χ2v) is 8.24. The first-order valence-electron chi connectivity index (χ1n) is 10.9. The summed E-state index contributed by atoms with van der Waals surface area (Å²) in [6.45, 7) is 4.62. The van der Waals surface area contributed by atoms with E-state index in [4.69, 9.17) is 4.74 Å². The molecule has 3 aromatic rings. The molecule has 4 rings (SSSR count). The van der Waals surface area contributed by atoms with Gasteiger partial charge in [0, 0.05) is 49.2 Å². The molecule has 1 unspecified atom stereocenters. The van der Waals surface area contributed by atoms with Crippen molar-refractivity contribution in [1.82, 2.24) is 9.88 Å². The lowest BCUT2D eigenvalue weighted by Gasteiger charge is -2.23. The molecule has 1 aromatic heterocycles. The van der Waals surface area contributed by atoms with E-state index < -0.39 is 0 Å². The van der Waals surface area contributed by atoms with Crippen molar-refractivity contribution in [2.45, 2.75) is 13.3 Å². The minimum Gasteiger partial charge on any atom is -0.380 e. The molecular formula is C25H28N4O3. The van der Waals surface area contributed by atoms with Crippen molar-refractivity contribution in [1.29, 1.82) is 0 Å². The molecule has 1 fully saturated rings. The van der Waals surface area contributed by atoms with Gasteiger partial charge in [-0.15, -0.1) is 0 Å². The van der Waals surface area contributed by atoms with E-state index in [0.29, 0.717) is 37.1 Å². The molecule has 1 aliphatic heterocycles. The highest BCUT2D eigenvalue weighted by Gasteiger charge is 2.21. The van der Waals surface area contributed by atoms with E-state index in [9.17, 15) is 9.59 Å². The average Bonchev–Trinajstić information content (AvgIpc) is 2.99. The van der Waals surface area contributed by atoms with Crippen molar-refractivity contribution in [2.75, 3.05) is 43.5 Å². The third-order valence-corrected chi connectivity index (χ3v) is 5.51. The molecule has 1 aliphatic rings. The number of nitrogens with one attached hydrogen (secondary N) is 2. The number of ether oxygens (including phenoxy) is 1. The standard InChI is InChI=1S/C25H28N4O3/c1-18(30)27-23-4-6-24(7-5-23)28-25(31)16-29-10-11-32-17-20(15-29)12-19-2-3-21-8-9-26-14-22(21)13-19/h2-9,13-14,20H,10-12,15-17H2,1H3,(H,27,30)(H,28,31). The Labute approximate surface area is 187 Å². The van der Waals surface area contributed by atoms with Gasteiger partial charge in [0.05, 0.1) is 19.8 Å². The van der Waals surface area contributed by atoms with Crippen LogP contribution in [-0.4, -0.2) is 54.5 Å². The zero-order chi connectivity index (χ0) is 22.3. The average molecular weight is 433 g/mol. The first-order chi connectivity index (χ1) is 15.5. The lowest BCUT2D eigenvalue weighted by atomic mass is 9.98. The van der Waals surface area contributed by atoms with Crippen LogP contribution in [0.3, 0.4) is 0 Å². The van der Waals surface area contributed by atoms with Crippen LogP contribution in [0, 0.1) is 5.92 Å². The summed E-state index contributed by atoms with van der Waals surface area (Å²) in [5.74, 6) is 0.131. The van der Waals surface area contributed by atoms with E-state index in [1.807, 2.05) is 12.3 Å². The van der Waals surface area contributed by atoms with Crippen LogP contribution in [0.1, 0.15) is 12.5 Å². The van der Waals surface area contributed by atoms with Crippen LogP contribution in [0.15, 0.2) is 60.9 Å². The Hall–Kier alpha value is -3.29. The highest BCUT2D eigenvalue weighted by molar-refractivity contribution is 5.93. The molecule has 0 saturated carbocycles. The maximum Gasteiger partial charge on any atom is 0.238 e. The number of hydrogen-bond donors (Lipinski definition) is 2. The van der Waals surface area contributed by atoms with Gasteiger partial charge in [-0.3, -0.25) is 19.5 Å². The number of aromatic nitrogens is 1. The fourth-order valence-corrected chi connectivity index (χ4v) is 4.06. The van der Waals surface area contributed by atoms with Crippen LogP contribution in [0.25, 0.3) is 10.8 Å². The van der Waals surface area contributed by atoms with E-state index in [1.165, 1.54) is 17.9 Å². The number of nitrogens with zero attached hydrogens (tertiary/aromatic N) is 2. The number of pyridine rings is 1. The molecule has 1 saturated heterocycles. The van der Waals surface area contributed by atoms with Gasteiger partial charge in [0.25, 0.3) is 0 Å². The van der Waals surface area contributed by atoms with Gasteiger partial charge >= 0.3 is 0 Å². The summed E-state index contributed by atoms with van der Waals surface area (Å²) in [6, 6.07) is 15.6. The number of benzene rings is 2. The van der Waals surface area contributed by atoms with E-state index in [0.717, 1.165) is 24.9 Å². The van der Waals surface area contributed by atoms with E-state index in [2.05, 4.69) is 38.7 Å². The van der Waals surface area contributed by atoms with Gasteiger partial charge in [-0.05, 0) is 59.7 Å². The molecule has 1 atom stereocenters. The molecule has 2 heterocycles. The Bertz CT molecular complexity index is 1080. The van der Waals surface area contributed by atoms with Crippen molar-refractivity contribution < 1.29 is 14.3 Å². The van der Waals surface area contributed by atoms with Gasteiger partial charge in [0.2, 0.25) is 11.8 Å². The van der Waals surface area contributed by atoms with E-state index in [-0.39, 0.29) is 11.8 Å². The lowest BCUT2D eigenvalue weighted by molar-refractivity contribution is -0.117. The number of carbonyl (C=O) groups is 2. The zero-order valence-electron chi connectivity index (χ0n) is 18.2. The highest BCUT2D eigenvalue weighted by Crippen LogP contribution is 2.19. The predicted molar refractivity (Wildman–Crippen MR) is 126 cm³/mol. The molecule has 0 aliphatic carbocycles. The Morgan fingerprint density at radius 3 is 2.62 bits per heavy atom. The Balaban J connectivity index is 1.32. The fourth-order valence-electron chi connectivity index (χ4n) is 4.06. The Kier molecular flexibility index (Phi) is 7.09. The summed E-state index contributed by atoms with van der Waals surface area (Å²) in [6.07, 6.45) is 4.59. The van der Waals surface area contributed by atoms with Crippen molar-refractivity contribution in [3.8, 4) is 0 Å². The molecular weight excluding hydrogens is 404 g/mol. The molecule has 2 N–H and O–H groups in total. The summed E-state index contributed by atoms with van der Waals surface area (Å²) in [7, 11) is 0. The molecule has 2 aromatic carbocycles. The molecule has 7 heteroatoms. The smallest absolute Gasteiger partial charge is 0.238 e. The summed E-state index contributed by atoms with van der Waals surface area (Å²) in [4.78, 5) is 30.1.